The highest BCUT2D eigenvalue weighted by Crippen LogP contribution is 2.48. The number of pyridine rings is 1. The number of aliphatic hydroxyl groups excluding tert-OH is 1. The smallest absolute Gasteiger partial charge is 0.393 e. The molecule has 39 heavy (non-hydrogen) atoms. The average Bonchev–Trinajstić information content (AvgIpc) is 3.29. The van der Waals surface area contributed by atoms with Gasteiger partial charge in [-0.25, -0.2) is 9.37 Å². The molecule has 204 valence electrons. The van der Waals surface area contributed by atoms with Crippen molar-refractivity contribution < 1.29 is 27.5 Å². The van der Waals surface area contributed by atoms with Crippen molar-refractivity contribution in [2.75, 3.05) is 0 Å². The Kier molecular flexibility index (Phi) is 6.53. The van der Waals surface area contributed by atoms with Crippen LogP contribution in [-0.4, -0.2) is 44.3 Å². The summed E-state index contributed by atoms with van der Waals surface area (Å²) in [7, 11) is 0. The predicted octanol–water partition coefficient (Wildman–Crippen LogP) is 6.12. The van der Waals surface area contributed by atoms with Crippen LogP contribution in [0.25, 0.3) is 21.9 Å². The average molecular weight is 541 g/mol. The van der Waals surface area contributed by atoms with E-state index in [1.54, 1.807) is 24.4 Å². The maximum atomic E-state index is 14.4. The Hall–Kier alpha value is -3.53. The Labute approximate surface area is 221 Å². The molecule has 2 aromatic carbocycles. The minimum absolute atomic E-state index is 0.0240. The van der Waals surface area contributed by atoms with E-state index in [-0.39, 0.29) is 29.5 Å². The molecular weight excluding hydrogens is 512 g/mol. The van der Waals surface area contributed by atoms with Crippen LogP contribution in [0.1, 0.15) is 72.1 Å². The van der Waals surface area contributed by atoms with Crippen LogP contribution in [0.3, 0.4) is 0 Å². The second-order valence-corrected chi connectivity index (χ2v) is 10.8. The van der Waals surface area contributed by atoms with E-state index < -0.39 is 24.1 Å². The summed E-state index contributed by atoms with van der Waals surface area (Å²) in [4.78, 5) is 24.0. The van der Waals surface area contributed by atoms with Crippen LogP contribution in [0.4, 0.5) is 17.6 Å². The van der Waals surface area contributed by atoms with Gasteiger partial charge >= 0.3 is 6.18 Å². The first-order chi connectivity index (χ1) is 18.7. The Morgan fingerprint density at radius 2 is 1.79 bits per heavy atom. The fourth-order valence-corrected chi connectivity index (χ4v) is 6.19. The summed E-state index contributed by atoms with van der Waals surface area (Å²) in [6, 6.07) is 10.8. The fourth-order valence-electron chi connectivity index (χ4n) is 6.19. The monoisotopic (exact) mass is 540 g/mol. The number of H-pyrrole nitrogens is 1. The molecule has 2 saturated carbocycles. The molecule has 2 aliphatic carbocycles. The number of aromatic nitrogens is 3. The first-order valence-corrected chi connectivity index (χ1v) is 13.2. The fraction of sp³-hybridized carbons (Fsp3) is 0.414. The summed E-state index contributed by atoms with van der Waals surface area (Å²) >= 11 is 0. The topological polar surface area (TPSA) is 90.9 Å². The van der Waals surface area contributed by atoms with E-state index in [9.17, 15) is 27.5 Å². The number of imidazole rings is 1. The van der Waals surface area contributed by atoms with Gasteiger partial charge in [-0.3, -0.25) is 9.78 Å². The lowest BCUT2D eigenvalue weighted by Gasteiger charge is -2.34. The number of hydrogen-bond acceptors (Lipinski definition) is 4. The van der Waals surface area contributed by atoms with Crippen molar-refractivity contribution in [3.63, 3.8) is 0 Å². The van der Waals surface area contributed by atoms with E-state index in [0.29, 0.717) is 66.0 Å². The third-order valence-electron chi connectivity index (χ3n) is 8.28. The lowest BCUT2D eigenvalue weighted by atomic mass is 9.73. The summed E-state index contributed by atoms with van der Waals surface area (Å²) in [5, 5.41) is 13.0. The van der Waals surface area contributed by atoms with Gasteiger partial charge in [0.2, 0.25) is 0 Å². The van der Waals surface area contributed by atoms with Crippen molar-refractivity contribution in [1.82, 2.24) is 20.3 Å². The molecular formula is C29H28F4N4O2. The van der Waals surface area contributed by atoms with Crippen molar-refractivity contribution in [3.05, 3.63) is 71.4 Å². The van der Waals surface area contributed by atoms with Crippen LogP contribution in [0.15, 0.2) is 48.7 Å². The van der Waals surface area contributed by atoms with Gasteiger partial charge in [0, 0.05) is 23.2 Å². The van der Waals surface area contributed by atoms with Crippen molar-refractivity contribution in [2.24, 2.45) is 5.92 Å². The number of nitrogens with one attached hydrogen (secondary N) is 2. The maximum Gasteiger partial charge on any atom is 0.399 e. The van der Waals surface area contributed by atoms with Crippen LogP contribution in [0, 0.1) is 11.7 Å². The summed E-state index contributed by atoms with van der Waals surface area (Å²) < 4.78 is 57.2. The number of halogens is 4. The number of aliphatic hydroxyl groups is 1. The minimum atomic E-state index is -4.50. The van der Waals surface area contributed by atoms with Gasteiger partial charge in [0.1, 0.15) is 17.6 Å². The van der Waals surface area contributed by atoms with Gasteiger partial charge in [0.05, 0.1) is 22.7 Å². The predicted molar refractivity (Wildman–Crippen MR) is 138 cm³/mol. The molecule has 6 nitrogen and oxygen atoms in total. The van der Waals surface area contributed by atoms with Gasteiger partial charge < -0.3 is 15.4 Å². The number of aromatic amines is 1. The number of hydrogen-bond donors (Lipinski definition) is 3. The first-order valence-electron chi connectivity index (χ1n) is 13.2. The molecule has 0 bridgehead atoms. The normalized spacial score (nSPS) is 24.4. The Morgan fingerprint density at radius 3 is 2.51 bits per heavy atom. The van der Waals surface area contributed by atoms with Gasteiger partial charge in [-0.2, -0.15) is 13.2 Å². The molecule has 10 heteroatoms. The number of carbonyl (C=O) groups is 1. The Bertz CT molecular complexity index is 1520. The van der Waals surface area contributed by atoms with E-state index in [0.717, 1.165) is 5.56 Å². The van der Waals surface area contributed by atoms with E-state index in [4.69, 9.17) is 0 Å². The first kappa shape index (κ1) is 25.7. The van der Waals surface area contributed by atoms with E-state index in [1.807, 2.05) is 6.07 Å². The number of amides is 1. The molecule has 0 radical (unpaired) electrons. The molecule has 3 N–H and O–H groups in total. The quantitative estimate of drug-likeness (QED) is 0.266. The van der Waals surface area contributed by atoms with Crippen molar-refractivity contribution in [3.8, 4) is 0 Å². The van der Waals surface area contributed by atoms with Crippen LogP contribution in [0.2, 0.25) is 0 Å². The number of alkyl halides is 3. The second-order valence-electron chi connectivity index (χ2n) is 10.8. The van der Waals surface area contributed by atoms with Crippen molar-refractivity contribution in [2.45, 2.75) is 68.7 Å². The lowest BCUT2D eigenvalue weighted by molar-refractivity contribution is -0.166. The van der Waals surface area contributed by atoms with Crippen LogP contribution < -0.4 is 5.32 Å². The molecule has 1 atom stereocenters. The summed E-state index contributed by atoms with van der Waals surface area (Å²) in [6.45, 7) is 0. The standard InChI is InChI=1S/C29H28F4N4O2/c30-18-6-8-23-22(12-18)21(9-10-34-23)15-1-3-16(4-2-15)26(29(31,32)33)27-36-24-7-5-17(11-25(24)37-27)28(39)35-19-13-20(38)14-19/h5-12,15-16,19-20,26,38H,1-4,13-14H2,(H,35,39)(H,36,37)/t15-,16+,19?,20?,26-/m1/s1. The maximum absolute atomic E-state index is 14.4. The molecule has 2 fully saturated rings. The zero-order valence-electron chi connectivity index (χ0n) is 21.0. The Morgan fingerprint density at radius 1 is 1.03 bits per heavy atom. The highest BCUT2D eigenvalue weighted by Gasteiger charge is 2.48. The molecule has 2 aromatic heterocycles. The Balaban J connectivity index is 1.21. The van der Waals surface area contributed by atoms with Gasteiger partial charge in [0.15, 0.2) is 0 Å². The zero-order valence-corrected chi connectivity index (χ0v) is 21.0. The molecule has 4 aromatic rings. The van der Waals surface area contributed by atoms with E-state index >= 15 is 0 Å². The molecule has 2 heterocycles. The van der Waals surface area contributed by atoms with Crippen LogP contribution in [-0.2, 0) is 0 Å². The van der Waals surface area contributed by atoms with Gasteiger partial charge in [0.25, 0.3) is 5.91 Å². The zero-order chi connectivity index (χ0) is 27.3. The molecule has 0 unspecified atom stereocenters. The van der Waals surface area contributed by atoms with E-state index in [2.05, 4.69) is 20.3 Å². The number of rotatable bonds is 5. The highest BCUT2D eigenvalue weighted by molar-refractivity contribution is 5.97. The SMILES string of the molecule is O=C(NC1CC(O)C1)c1ccc2[nH]c([C@@H]([C@H]3CC[C@@H](c4ccnc5ccc(F)cc54)CC3)C(F)(F)F)nc2c1. The van der Waals surface area contributed by atoms with Crippen molar-refractivity contribution in [1.29, 1.82) is 0 Å². The summed E-state index contributed by atoms with van der Waals surface area (Å²) in [5.74, 6) is -3.24. The number of benzene rings is 2. The van der Waals surface area contributed by atoms with Gasteiger partial charge in [-0.05, 0) is 98.4 Å². The molecule has 0 saturated heterocycles. The summed E-state index contributed by atoms with van der Waals surface area (Å²) in [6.07, 6.45) is -0.456. The highest BCUT2D eigenvalue weighted by atomic mass is 19.4. The molecule has 0 aliphatic heterocycles. The third-order valence-corrected chi connectivity index (χ3v) is 8.28. The molecule has 1 amide bonds. The summed E-state index contributed by atoms with van der Waals surface area (Å²) in [5.41, 5.74) is 2.65. The lowest BCUT2D eigenvalue weighted by Crippen LogP contribution is -2.46. The number of carbonyl (C=O) groups excluding carboxylic acids is 1. The van der Waals surface area contributed by atoms with Gasteiger partial charge in [-0.15, -0.1) is 0 Å². The number of nitrogens with zero attached hydrogens (tertiary/aromatic N) is 2. The van der Waals surface area contributed by atoms with Gasteiger partial charge in [-0.1, -0.05) is 0 Å². The second kappa shape index (κ2) is 9.89. The van der Waals surface area contributed by atoms with Crippen LogP contribution >= 0.6 is 0 Å². The van der Waals surface area contributed by atoms with Crippen LogP contribution in [0.5, 0.6) is 0 Å². The third kappa shape index (κ3) is 5.09. The largest absolute Gasteiger partial charge is 0.399 e. The molecule has 0 spiro atoms. The molecule has 2 aliphatic rings. The van der Waals surface area contributed by atoms with Crippen molar-refractivity contribution >= 4 is 27.8 Å². The minimum Gasteiger partial charge on any atom is -0.393 e. The molecule has 6 rings (SSSR count). The van der Waals surface area contributed by atoms with E-state index in [1.165, 1.54) is 18.2 Å². The number of fused-ring (bicyclic) bond motifs is 2.